The monoisotopic (exact) mass is 228 g/mol. The second-order valence-electron chi connectivity index (χ2n) is 4.22. The molecule has 3 atom stereocenters. The van der Waals surface area contributed by atoms with Gasteiger partial charge in [-0.15, -0.1) is 0 Å². The van der Waals surface area contributed by atoms with Crippen LogP contribution in [0.5, 0.6) is 0 Å². The minimum Gasteiger partial charge on any atom is -0.352 e. The van der Waals surface area contributed by atoms with Crippen molar-refractivity contribution in [2.45, 2.75) is 45.1 Å². The lowest BCUT2D eigenvalue weighted by atomic mass is 10.1. The molecule has 0 amide bonds. The van der Waals surface area contributed by atoms with Crippen LogP contribution >= 0.6 is 0 Å². The Hall–Kier alpha value is -0.780. The van der Waals surface area contributed by atoms with Gasteiger partial charge in [0.15, 0.2) is 0 Å². The molecule has 0 bridgehead atoms. The van der Waals surface area contributed by atoms with Crippen LogP contribution in [0.2, 0.25) is 0 Å². The third-order valence-corrected chi connectivity index (χ3v) is 2.63. The zero-order valence-corrected chi connectivity index (χ0v) is 10.1. The summed E-state index contributed by atoms with van der Waals surface area (Å²) in [6, 6.07) is -0.268. The Balaban J connectivity index is 2.29. The van der Waals surface area contributed by atoms with Crippen molar-refractivity contribution < 1.29 is 14.3 Å². The first-order valence-electron chi connectivity index (χ1n) is 5.60. The number of carbonyl (C=O) groups excluding carboxylic acids is 2. The van der Waals surface area contributed by atoms with Crippen molar-refractivity contribution in [3.63, 3.8) is 0 Å². The summed E-state index contributed by atoms with van der Waals surface area (Å²) in [6.07, 6.45) is 1.08. The van der Waals surface area contributed by atoms with Crippen LogP contribution in [-0.4, -0.2) is 43.5 Å². The molecule has 16 heavy (non-hydrogen) atoms. The fourth-order valence-corrected chi connectivity index (χ4v) is 1.60. The maximum absolute atomic E-state index is 11.3. The van der Waals surface area contributed by atoms with Gasteiger partial charge < -0.3 is 14.8 Å². The number of hydrogen-bond donors (Lipinski definition) is 2. The smallest absolute Gasteiger partial charge is 0.146 e. The quantitative estimate of drug-likeness (QED) is 0.565. The predicted molar refractivity (Wildman–Crippen MR) is 60.1 cm³/mol. The first-order valence-corrected chi connectivity index (χ1v) is 5.60. The normalized spacial score (nSPS) is 25.2. The minimum atomic E-state index is -0.268. The van der Waals surface area contributed by atoms with Crippen molar-refractivity contribution in [3.8, 4) is 0 Å². The van der Waals surface area contributed by atoms with E-state index >= 15 is 0 Å². The molecule has 1 fully saturated rings. The highest BCUT2D eigenvalue weighted by Crippen LogP contribution is 2.19. The highest BCUT2D eigenvalue weighted by Gasteiger charge is 2.39. The van der Waals surface area contributed by atoms with Gasteiger partial charge in [0.05, 0.1) is 6.04 Å². The van der Waals surface area contributed by atoms with E-state index in [0.717, 1.165) is 6.54 Å². The number of ketones is 2. The van der Waals surface area contributed by atoms with Crippen LogP contribution in [0, 0.1) is 0 Å². The van der Waals surface area contributed by atoms with E-state index in [1.165, 1.54) is 13.8 Å². The Kier molecular flexibility index (Phi) is 5.05. The second-order valence-corrected chi connectivity index (χ2v) is 4.22. The molecular formula is C11H20N2O3. The van der Waals surface area contributed by atoms with Crippen LogP contribution in [0.25, 0.3) is 0 Å². The highest BCUT2D eigenvalue weighted by atomic mass is 16.6. The lowest BCUT2D eigenvalue weighted by Gasteiger charge is -2.13. The molecule has 0 spiro atoms. The maximum Gasteiger partial charge on any atom is 0.146 e. The lowest BCUT2D eigenvalue weighted by Crippen LogP contribution is -2.39. The van der Waals surface area contributed by atoms with E-state index in [9.17, 15) is 9.59 Å². The molecule has 92 valence electrons. The molecule has 0 aromatic rings. The van der Waals surface area contributed by atoms with E-state index in [4.69, 9.17) is 4.74 Å². The summed E-state index contributed by atoms with van der Waals surface area (Å²) < 4.78 is 5.33. The summed E-state index contributed by atoms with van der Waals surface area (Å²) in [7, 11) is 1.86. The molecular weight excluding hydrogens is 208 g/mol. The zero-order chi connectivity index (χ0) is 12.1. The number of carbonyl (C=O) groups is 2. The van der Waals surface area contributed by atoms with E-state index in [0.29, 0.717) is 12.8 Å². The van der Waals surface area contributed by atoms with Gasteiger partial charge in [-0.25, -0.2) is 0 Å². The molecule has 2 unspecified atom stereocenters. The van der Waals surface area contributed by atoms with Crippen molar-refractivity contribution in [1.29, 1.82) is 0 Å². The average molecular weight is 228 g/mol. The van der Waals surface area contributed by atoms with E-state index in [-0.39, 0.29) is 29.9 Å². The summed E-state index contributed by atoms with van der Waals surface area (Å²) >= 11 is 0. The SMILES string of the molecule is CNC[C@H]1OC1NC(CCC(C)=O)C(C)=O. The average Bonchev–Trinajstić information content (AvgIpc) is 2.91. The van der Waals surface area contributed by atoms with Gasteiger partial charge in [-0.05, 0) is 27.3 Å². The standard InChI is InChI=1S/C11H20N2O3/c1-7(14)4-5-9(8(2)15)13-11-10(16-11)6-12-3/h9-13H,4-6H2,1-3H3/t9?,10-,11?/m1/s1. The molecule has 5 heteroatoms. The molecule has 2 N–H and O–H groups in total. The van der Waals surface area contributed by atoms with Crippen molar-refractivity contribution in [2.24, 2.45) is 0 Å². The van der Waals surface area contributed by atoms with Crippen molar-refractivity contribution in [3.05, 3.63) is 0 Å². The van der Waals surface area contributed by atoms with Crippen LogP contribution in [0.15, 0.2) is 0 Å². The molecule has 0 aliphatic carbocycles. The summed E-state index contributed by atoms with van der Waals surface area (Å²) in [4.78, 5) is 22.2. The largest absolute Gasteiger partial charge is 0.352 e. The molecule has 0 aromatic heterocycles. The van der Waals surface area contributed by atoms with Crippen molar-refractivity contribution in [1.82, 2.24) is 10.6 Å². The van der Waals surface area contributed by atoms with E-state index in [1.54, 1.807) is 0 Å². The third-order valence-electron chi connectivity index (χ3n) is 2.63. The topological polar surface area (TPSA) is 70.7 Å². The van der Waals surface area contributed by atoms with Gasteiger partial charge >= 0.3 is 0 Å². The molecule has 0 saturated carbocycles. The number of ether oxygens (including phenoxy) is 1. The molecule has 1 aliphatic heterocycles. The van der Waals surface area contributed by atoms with Crippen LogP contribution in [0.1, 0.15) is 26.7 Å². The number of rotatable bonds is 8. The van der Waals surface area contributed by atoms with Crippen molar-refractivity contribution in [2.75, 3.05) is 13.6 Å². The molecule has 0 radical (unpaired) electrons. The zero-order valence-electron chi connectivity index (χ0n) is 10.1. The molecule has 1 heterocycles. The molecule has 0 aromatic carbocycles. The summed E-state index contributed by atoms with van der Waals surface area (Å²) in [5.74, 6) is 0.163. The second kappa shape index (κ2) is 6.08. The predicted octanol–water partition coefficient (Wildman–Crippen LogP) is -0.153. The number of hydrogen-bond acceptors (Lipinski definition) is 5. The number of nitrogens with one attached hydrogen (secondary N) is 2. The number of Topliss-reactive ketones (excluding diaryl/α,β-unsaturated/α-hetero) is 2. The van der Waals surface area contributed by atoms with Crippen LogP contribution in [0.3, 0.4) is 0 Å². The van der Waals surface area contributed by atoms with E-state index in [2.05, 4.69) is 10.6 Å². The van der Waals surface area contributed by atoms with Gasteiger partial charge in [-0.2, -0.15) is 0 Å². The third kappa shape index (κ3) is 4.38. The summed E-state index contributed by atoms with van der Waals surface area (Å²) in [5.41, 5.74) is 0. The Morgan fingerprint density at radius 2 is 2.06 bits per heavy atom. The summed E-state index contributed by atoms with van der Waals surface area (Å²) in [6.45, 7) is 3.84. The molecule has 5 nitrogen and oxygen atoms in total. The van der Waals surface area contributed by atoms with Gasteiger partial charge in [-0.1, -0.05) is 0 Å². The van der Waals surface area contributed by atoms with Gasteiger partial charge in [-0.3, -0.25) is 10.1 Å². The van der Waals surface area contributed by atoms with Crippen LogP contribution < -0.4 is 10.6 Å². The van der Waals surface area contributed by atoms with E-state index in [1.807, 2.05) is 7.05 Å². The molecule has 1 aliphatic rings. The highest BCUT2D eigenvalue weighted by molar-refractivity contribution is 5.82. The Morgan fingerprint density at radius 3 is 2.56 bits per heavy atom. The molecule has 1 saturated heterocycles. The summed E-state index contributed by atoms with van der Waals surface area (Å²) in [5, 5.41) is 6.12. The Bertz CT molecular complexity index is 268. The Morgan fingerprint density at radius 1 is 1.38 bits per heavy atom. The van der Waals surface area contributed by atoms with Gasteiger partial charge in [0.2, 0.25) is 0 Å². The van der Waals surface area contributed by atoms with Gasteiger partial charge in [0, 0.05) is 13.0 Å². The molecule has 1 rings (SSSR count). The minimum absolute atomic E-state index is 0.0479. The number of epoxide rings is 1. The van der Waals surface area contributed by atoms with Gasteiger partial charge in [0.25, 0.3) is 0 Å². The van der Waals surface area contributed by atoms with E-state index < -0.39 is 0 Å². The van der Waals surface area contributed by atoms with Gasteiger partial charge in [0.1, 0.15) is 23.9 Å². The first kappa shape index (κ1) is 13.3. The fraction of sp³-hybridized carbons (Fsp3) is 0.818. The Labute approximate surface area is 95.9 Å². The van der Waals surface area contributed by atoms with Crippen LogP contribution in [-0.2, 0) is 14.3 Å². The number of likely N-dealkylation sites (N-methyl/N-ethyl adjacent to an activating group) is 1. The fourth-order valence-electron chi connectivity index (χ4n) is 1.60. The first-order chi connectivity index (χ1) is 7.54. The maximum atomic E-state index is 11.3. The lowest BCUT2D eigenvalue weighted by molar-refractivity contribution is -0.120. The van der Waals surface area contributed by atoms with Crippen molar-refractivity contribution >= 4 is 11.6 Å². The van der Waals surface area contributed by atoms with Crippen LogP contribution in [0.4, 0.5) is 0 Å².